The van der Waals surface area contributed by atoms with Crippen LogP contribution in [0.2, 0.25) is 10.0 Å². The van der Waals surface area contributed by atoms with Gasteiger partial charge in [-0.15, -0.1) is 0 Å². The first-order valence-corrected chi connectivity index (χ1v) is 9.83. The highest BCUT2D eigenvalue weighted by Gasteiger charge is 2.22. The Labute approximate surface area is 187 Å². The van der Waals surface area contributed by atoms with E-state index in [0.29, 0.717) is 21.9 Å². The van der Waals surface area contributed by atoms with Crippen molar-refractivity contribution in [2.24, 2.45) is 0 Å². The maximum absolute atomic E-state index is 13.9. The van der Waals surface area contributed by atoms with Crippen LogP contribution in [0.4, 0.5) is 4.39 Å². The number of hydrogen-bond acceptors (Lipinski definition) is 4. The zero-order valence-corrected chi connectivity index (χ0v) is 17.7. The van der Waals surface area contributed by atoms with Crippen LogP contribution in [0.15, 0.2) is 54.6 Å². The molecular formula is C22H17Cl2FN2O4. The summed E-state index contributed by atoms with van der Waals surface area (Å²) >= 11 is 11.9. The van der Waals surface area contributed by atoms with E-state index >= 15 is 0 Å². The van der Waals surface area contributed by atoms with E-state index in [4.69, 9.17) is 27.9 Å². The summed E-state index contributed by atoms with van der Waals surface area (Å²) in [5.74, 6) is -2.04. The van der Waals surface area contributed by atoms with E-state index in [1.165, 1.54) is 31.4 Å². The van der Waals surface area contributed by atoms with Crippen LogP contribution in [0, 0.1) is 5.82 Å². The van der Waals surface area contributed by atoms with Crippen molar-refractivity contribution in [2.45, 2.75) is 12.5 Å². The lowest BCUT2D eigenvalue weighted by Crippen LogP contribution is -2.31. The highest BCUT2D eigenvalue weighted by atomic mass is 35.5. The van der Waals surface area contributed by atoms with Crippen LogP contribution in [0.1, 0.15) is 28.5 Å². The summed E-state index contributed by atoms with van der Waals surface area (Å²) in [6.07, 6.45) is -0.374. The minimum atomic E-state index is -1.11. The fourth-order valence-electron chi connectivity index (χ4n) is 2.99. The van der Waals surface area contributed by atoms with E-state index in [1.807, 2.05) is 0 Å². The van der Waals surface area contributed by atoms with Gasteiger partial charge in [0.05, 0.1) is 24.6 Å². The van der Waals surface area contributed by atoms with Crippen molar-refractivity contribution in [3.8, 4) is 17.0 Å². The van der Waals surface area contributed by atoms with Crippen molar-refractivity contribution < 1.29 is 23.8 Å². The van der Waals surface area contributed by atoms with Crippen molar-refractivity contribution in [3.05, 3.63) is 81.7 Å². The molecular weight excluding hydrogens is 446 g/mol. The molecule has 1 aromatic heterocycles. The average molecular weight is 463 g/mol. The van der Waals surface area contributed by atoms with Crippen LogP contribution >= 0.6 is 23.2 Å². The first kappa shape index (κ1) is 22.5. The zero-order valence-electron chi connectivity index (χ0n) is 16.2. The third-order valence-corrected chi connectivity index (χ3v) is 5.12. The molecule has 1 atom stereocenters. The van der Waals surface area contributed by atoms with E-state index in [1.54, 1.807) is 30.3 Å². The highest BCUT2D eigenvalue weighted by molar-refractivity contribution is 6.31. The molecule has 31 heavy (non-hydrogen) atoms. The molecule has 3 aromatic rings. The molecule has 1 heterocycles. The summed E-state index contributed by atoms with van der Waals surface area (Å²) in [5, 5.41) is 12.2. The second-order valence-corrected chi connectivity index (χ2v) is 7.34. The van der Waals surface area contributed by atoms with E-state index in [2.05, 4.69) is 10.3 Å². The number of halogens is 3. The predicted octanol–water partition coefficient (Wildman–Crippen LogP) is 5.15. The lowest BCUT2D eigenvalue weighted by molar-refractivity contribution is -0.137. The van der Waals surface area contributed by atoms with Crippen LogP contribution in [-0.4, -0.2) is 29.1 Å². The molecule has 160 valence electrons. The van der Waals surface area contributed by atoms with E-state index in [9.17, 15) is 19.1 Å². The number of ether oxygens (including phenoxy) is 1. The molecule has 0 aliphatic carbocycles. The van der Waals surface area contributed by atoms with Gasteiger partial charge in [-0.3, -0.25) is 9.59 Å². The lowest BCUT2D eigenvalue weighted by Gasteiger charge is -2.19. The fourth-order valence-corrected chi connectivity index (χ4v) is 3.38. The second kappa shape index (κ2) is 9.76. The first-order valence-electron chi connectivity index (χ1n) is 9.07. The Morgan fingerprint density at radius 2 is 1.87 bits per heavy atom. The number of carboxylic acids is 1. The van der Waals surface area contributed by atoms with Crippen LogP contribution in [0.25, 0.3) is 11.3 Å². The van der Waals surface area contributed by atoms with E-state index in [0.717, 1.165) is 0 Å². The molecule has 0 spiro atoms. The highest BCUT2D eigenvalue weighted by Crippen LogP contribution is 2.31. The summed E-state index contributed by atoms with van der Waals surface area (Å²) in [4.78, 5) is 28.5. The van der Waals surface area contributed by atoms with E-state index < -0.39 is 23.7 Å². The number of carboxylic acid groups (broad SMARTS) is 1. The number of benzene rings is 2. The number of carbonyl (C=O) groups excluding carboxylic acids is 1. The topological polar surface area (TPSA) is 88.5 Å². The molecule has 2 aromatic carbocycles. The third-order valence-electron chi connectivity index (χ3n) is 4.47. The summed E-state index contributed by atoms with van der Waals surface area (Å²) in [6, 6.07) is 12.8. The lowest BCUT2D eigenvalue weighted by atomic mass is 10.0. The molecule has 0 bridgehead atoms. The number of nitrogens with zero attached hydrogens (tertiary/aromatic N) is 1. The van der Waals surface area contributed by atoms with Crippen molar-refractivity contribution in [3.63, 3.8) is 0 Å². The van der Waals surface area contributed by atoms with Crippen molar-refractivity contribution in [1.29, 1.82) is 0 Å². The molecule has 2 N–H and O–H groups in total. The quantitative estimate of drug-likeness (QED) is 0.506. The number of pyridine rings is 1. The van der Waals surface area contributed by atoms with Gasteiger partial charge >= 0.3 is 5.97 Å². The minimum Gasteiger partial charge on any atom is -0.494 e. The largest absolute Gasteiger partial charge is 0.494 e. The van der Waals surface area contributed by atoms with Crippen LogP contribution in [-0.2, 0) is 4.79 Å². The molecule has 0 saturated carbocycles. The minimum absolute atomic E-state index is 0.00593. The number of hydrogen-bond donors (Lipinski definition) is 2. The summed E-state index contributed by atoms with van der Waals surface area (Å²) in [5.41, 5.74) is 1.06. The van der Waals surface area contributed by atoms with Crippen LogP contribution in [0.3, 0.4) is 0 Å². The van der Waals surface area contributed by atoms with Gasteiger partial charge < -0.3 is 15.2 Å². The predicted molar refractivity (Wildman–Crippen MR) is 115 cm³/mol. The summed E-state index contributed by atoms with van der Waals surface area (Å²) < 4.78 is 19.2. The van der Waals surface area contributed by atoms with Crippen molar-refractivity contribution in [1.82, 2.24) is 10.3 Å². The van der Waals surface area contributed by atoms with Crippen molar-refractivity contribution >= 4 is 35.1 Å². The molecule has 6 nitrogen and oxygen atoms in total. The van der Waals surface area contributed by atoms with Gasteiger partial charge in [0.15, 0.2) is 0 Å². The Balaban J connectivity index is 1.95. The number of aliphatic carboxylic acids is 1. The third kappa shape index (κ3) is 5.31. The second-order valence-electron chi connectivity index (χ2n) is 6.52. The smallest absolute Gasteiger partial charge is 0.305 e. The number of methoxy groups -OCH3 is 1. The molecule has 1 unspecified atom stereocenters. The Hall–Kier alpha value is -3.16. The average Bonchev–Trinajstić information content (AvgIpc) is 2.74. The molecule has 0 aliphatic heterocycles. The number of aromatic nitrogens is 1. The standard InChI is InChI=1S/C22H17Cl2FN2O4/c1-31-19-9-8-17(26-21(19)12-6-7-15(24)16(25)10-12)22(30)27-18(11-20(28)29)13-4-2-3-5-14(13)23/h2-10,18H,11H2,1H3,(H,27,30)(H,28,29). The molecule has 0 radical (unpaired) electrons. The normalized spacial score (nSPS) is 11.6. The van der Waals surface area contributed by atoms with E-state index in [-0.39, 0.29) is 22.8 Å². The zero-order chi connectivity index (χ0) is 22.5. The SMILES string of the molecule is COc1ccc(C(=O)NC(CC(=O)O)c2ccccc2Cl)nc1-c1ccc(Cl)c(F)c1. The van der Waals surface area contributed by atoms with Crippen LogP contribution in [0.5, 0.6) is 5.75 Å². The van der Waals surface area contributed by atoms with Gasteiger partial charge in [-0.1, -0.05) is 47.5 Å². The molecule has 9 heteroatoms. The van der Waals surface area contributed by atoms with Gasteiger partial charge in [-0.05, 0) is 35.9 Å². The van der Waals surface area contributed by atoms with Gasteiger partial charge in [0.2, 0.25) is 0 Å². The molecule has 0 fully saturated rings. The van der Waals surface area contributed by atoms with Gasteiger partial charge in [0.25, 0.3) is 5.91 Å². The van der Waals surface area contributed by atoms with Gasteiger partial charge in [0.1, 0.15) is 23.0 Å². The van der Waals surface area contributed by atoms with Crippen molar-refractivity contribution in [2.75, 3.05) is 7.11 Å². The maximum atomic E-state index is 13.9. The van der Waals surface area contributed by atoms with Crippen LogP contribution < -0.4 is 10.1 Å². The summed E-state index contributed by atoms with van der Waals surface area (Å²) in [6.45, 7) is 0. The Morgan fingerprint density at radius 1 is 1.13 bits per heavy atom. The Bertz CT molecular complexity index is 1140. The van der Waals surface area contributed by atoms with Gasteiger partial charge in [-0.2, -0.15) is 0 Å². The molecule has 1 amide bonds. The Kier molecular flexibility index (Phi) is 7.09. The number of amides is 1. The first-order chi connectivity index (χ1) is 14.8. The molecule has 0 saturated heterocycles. The maximum Gasteiger partial charge on any atom is 0.305 e. The fraction of sp³-hybridized carbons (Fsp3) is 0.136. The number of nitrogens with one attached hydrogen (secondary N) is 1. The van der Waals surface area contributed by atoms with Gasteiger partial charge in [0, 0.05) is 10.6 Å². The Morgan fingerprint density at radius 3 is 2.52 bits per heavy atom. The number of rotatable bonds is 7. The molecule has 3 rings (SSSR count). The monoisotopic (exact) mass is 462 g/mol. The molecule has 0 aliphatic rings. The van der Waals surface area contributed by atoms with Gasteiger partial charge in [-0.25, -0.2) is 9.37 Å². The summed E-state index contributed by atoms with van der Waals surface area (Å²) in [7, 11) is 1.42. The number of carbonyl (C=O) groups is 2.